The largest absolute Gasteiger partial charge is 0.489 e. The fourth-order valence-corrected chi connectivity index (χ4v) is 3.97. The Morgan fingerprint density at radius 1 is 0.886 bits per heavy atom. The molecule has 0 saturated carbocycles. The molecule has 0 unspecified atom stereocenters. The zero-order valence-corrected chi connectivity index (χ0v) is 19.8. The molecule has 4 aromatic rings. The van der Waals surface area contributed by atoms with E-state index >= 15 is 0 Å². The van der Waals surface area contributed by atoms with Crippen LogP contribution in [0.5, 0.6) is 5.75 Å². The van der Waals surface area contributed by atoms with Crippen LogP contribution in [0.15, 0.2) is 66.7 Å². The molecule has 3 aromatic carbocycles. The first-order chi connectivity index (χ1) is 16.7. The topological polar surface area (TPSA) is 102 Å². The van der Waals surface area contributed by atoms with Crippen molar-refractivity contribution in [1.82, 2.24) is 9.78 Å². The molecule has 7 heteroatoms. The maximum atomic E-state index is 11.7. The second kappa shape index (κ2) is 9.85. The number of hydrogen-bond donors (Lipinski definition) is 2. The van der Waals surface area contributed by atoms with E-state index in [1.165, 1.54) is 12.1 Å². The first kappa shape index (κ1) is 23.8. The summed E-state index contributed by atoms with van der Waals surface area (Å²) in [5.41, 5.74) is 6.31. The van der Waals surface area contributed by atoms with Gasteiger partial charge in [-0.05, 0) is 78.9 Å². The Morgan fingerprint density at radius 2 is 1.63 bits per heavy atom. The van der Waals surface area contributed by atoms with Crippen molar-refractivity contribution in [3.63, 3.8) is 0 Å². The average Bonchev–Trinajstić information content (AvgIpc) is 3.17. The van der Waals surface area contributed by atoms with Gasteiger partial charge in [0.2, 0.25) is 0 Å². The van der Waals surface area contributed by atoms with Crippen molar-refractivity contribution in [2.24, 2.45) is 7.05 Å². The summed E-state index contributed by atoms with van der Waals surface area (Å²) in [6.07, 6.45) is 0.345. The number of hydrogen-bond acceptors (Lipinski definition) is 4. The van der Waals surface area contributed by atoms with Crippen LogP contribution in [0, 0.1) is 13.8 Å². The molecule has 178 valence electrons. The quantitative estimate of drug-likeness (QED) is 0.364. The lowest BCUT2D eigenvalue weighted by atomic mass is 9.95. The second-order valence-corrected chi connectivity index (χ2v) is 8.49. The van der Waals surface area contributed by atoms with Crippen LogP contribution in [-0.4, -0.2) is 31.9 Å². The zero-order valence-electron chi connectivity index (χ0n) is 19.8. The molecule has 7 nitrogen and oxygen atoms in total. The Kier molecular flexibility index (Phi) is 6.68. The predicted octanol–water partition coefficient (Wildman–Crippen LogP) is 5.27. The summed E-state index contributed by atoms with van der Waals surface area (Å²) in [7, 11) is 1.92. The van der Waals surface area contributed by atoms with Crippen molar-refractivity contribution < 1.29 is 24.5 Å². The summed E-state index contributed by atoms with van der Waals surface area (Å²) in [5, 5.41) is 23.3. The number of benzene rings is 3. The van der Waals surface area contributed by atoms with Crippen LogP contribution in [-0.2, 0) is 20.1 Å². The van der Waals surface area contributed by atoms with Gasteiger partial charge in [0.1, 0.15) is 12.4 Å². The van der Waals surface area contributed by atoms with E-state index in [2.05, 4.69) is 5.10 Å². The lowest BCUT2D eigenvalue weighted by Crippen LogP contribution is -2.08. The van der Waals surface area contributed by atoms with Crippen molar-refractivity contribution in [3.8, 4) is 17.0 Å². The first-order valence-electron chi connectivity index (χ1n) is 11.1. The van der Waals surface area contributed by atoms with Crippen molar-refractivity contribution in [1.29, 1.82) is 0 Å². The molecule has 4 rings (SSSR count). The monoisotopic (exact) mass is 470 g/mol. The normalized spacial score (nSPS) is 10.8. The summed E-state index contributed by atoms with van der Waals surface area (Å²) in [4.78, 5) is 23.0. The van der Waals surface area contributed by atoms with Crippen LogP contribution in [0.25, 0.3) is 11.3 Å². The fourth-order valence-electron chi connectivity index (χ4n) is 3.97. The number of nitrogens with zero attached hydrogens (tertiary/aromatic N) is 2. The standard InChI is InChI=1S/C28H26N2O5/c1-17-12-21(25-13-18(2)30(3)29-25)10-11-26(17)35-16-23-7-5-4-6-19(23)14-20-8-9-22(27(31)32)15-24(20)28(33)34/h4-13,15H,14,16H2,1-3H3,(H,31,32)(H,33,34). The number of aryl methyl sites for hydroxylation is 3. The molecular formula is C28H26N2O5. The van der Waals surface area contributed by atoms with Gasteiger partial charge in [0.05, 0.1) is 16.8 Å². The smallest absolute Gasteiger partial charge is 0.336 e. The van der Waals surface area contributed by atoms with Crippen LogP contribution in [0.4, 0.5) is 0 Å². The molecule has 2 N–H and O–H groups in total. The molecular weight excluding hydrogens is 444 g/mol. The van der Waals surface area contributed by atoms with Gasteiger partial charge in [-0.3, -0.25) is 4.68 Å². The minimum Gasteiger partial charge on any atom is -0.489 e. The predicted molar refractivity (Wildman–Crippen MR) is 132 cm³/mol. The van der Waals surface area contributed by atoms with Crippen LogP contribution >= 0.6 is 0 Å². The number of ether oxygens (including phenoxy) is 1. The number of aromatic nitrogens is 2. The van der Waals surface area contributed by atoms with Crippen LogP contribution in [0.1, 0.15) is 48.7 Å². The highest BCUT2D eigenvalue weighted by molar-refractivity contribution is 5.95. The van der Waals surface area contributed by atoms with E-state index in [9.17, 15) is 19.8 Å². The van der Waals surface area contributed by atoms with Gasteiger partial charge >= 0.3 is 11.9 Å². The van der Waals surface area contributed by atoms with Crippen molar-refractivity contribution in [2.45, 2.75) is 26.9 Å². The Balaban J connectivity index is 1.54. The Morgan fingerprint density at radius 3 is 2.26 bits per heavy atom. The van der Waals surface area contributed by atoms with Gasteiger partial charge in [0.15, 0.2) is 0 Å². The molecule has 0 saturated heterocycles. The molecule has 0 amide bonds. The highest BCUT2D eigenvalue weighted by Crippen LogP contribution is 2.27. The first-order valence-corrected chi connectivity index (χ1v) is 11.1. The molecule has 1 aromatic heterocycles. The lowest BCUT2D eigenvalue weighted by Gasteiger charge is -2.14. The van der Waals surface area contributed by atoms with Gasteiger partial charge in [0, 0.05) is 18.3 Å². The summed E-state index contributed by atoms with van der Waals surface area (Å²) in [6.45, 7) is 4.32. The van der Waals surface area contributed by atoms with Gasteiger partial charge in [0.25, 0.3) is 0 Å². The van der Waals surface area contributed by atoms with Gasteiger partial charge in [-0.1, -0.05) is 30.3 Å². The molecule has 0 aliphatic rings. The average molecular weight is 471 g/mol. The third-order valence-electron chi connectivity index (χ3n) is 6.05. The molecule has 0 spiro atoms. The SMILES string of the molecule is Cc1cc(-c2cc(C)n(C)n2)ccc1OCc1ccccc1Cc1ccc(C(=O)O)cc1C(=O)O. The number of carboxylic acid groups (broad SMARTS) is 2. The van der Waals surface area contributed by atoms with E-state index < -0.39 is 11.9 Å². The van der Waals surface area contributed by atoms with Gasteiger partial charge in [-0.15, -0.1) is 0 Å². The highest BCUT2D eigenvalue weighted by Gasteiger charge is 2.16. The molecule has 0 fully saturated rings. The maximum absolute atomic E-state index is 11.7. The van der Waals surface area contributed by atoms with E-state index in [4.69, 9.17) is 4.74 Å². The van der Waals surface area contributed by atoms with E-state index in [0.717, 1.165) is 39.4 Å². The number of carboxylic acids is 2. The maximum Gasteiger partial charge on any atom is 0.336 e. The van der Waals surface area contributed by atoms with E-state index in [1.807, 2.05) is 74.1 Å². The van der Waals surface area contributed by atoms with Gasteiger partial charge in [-0.2, -0.15) is 5.10 Å². The second-order valence-electron chi connectivity index (χ2n) is 8.49. The number of rotatable bonds is 8. The van der Waals surface area contributed by atoms with Crippen molar-refractivity contribution in [2.75, 3.05) is 0 Å². The van der Waals surface area contributed by atoms with Crippen LogP contribution in [0.2, 0.25) is 0 Å². The fraction of sp³-hybridized carbons (Fsp3) is 0.179. The zero-order chi connectivity index (χ0) is 25.1. The third-order valence-corrected chi connectivity index (χ3v) is 6.05. The van der Waals surface area contributed by atoms with Gasteiger partial charge in [-0.25, -0.2) is 9.59 Å². The summed E-state index contributed by atoms with van der Waals surface area (Å²) in [5.74, 6) is -1.56. The third kappa shape index (κ3) is 5.24. The Hall–Kier alpha value is -4.39. The van der Waals surface area contributed by atoms with Crippen LogP contribution in [0.3, 0.4) is 0 Å². The van der Waals surface area contributed by atoms with E-state index in [0.29, 0.717) is 18.6 Å². The summed E-state index contributed by atoms with van der Waals surface area (Å²) in [6, 6.07) is 19.9. The molecule has 0 radical (unpaired) electrons. The Bertz CT molecular complexity index is 1400. The summed E-state index contributed by atoms with van der Waals surface area (Å²) < 4.78 is 7.97. The van der Waals surface area contributed by atoms with E-state index in [-0.39, 0.29) is 11.1 Å². The van der Waals surface area contributed by atoms with E-state index in [1.54, 1.807) is 6.07 Å². The summed E-state index contributed by atoms with van der Waals surface area (Å²) >= 11 is 0. The molecule has 1 heterocycles. The minimum atomic E-state index is -1.16. The molecule has 0 aliphatic carbocycles. The molecule has 0 aliphatic heterocycles. The Labute approximate surface area is 203 Å². The van der Waals surface area contributed by atoms with Gasteiger partial charge < -0.3 is 14.9 Å². The van der Waals surface area contributed by atoms with Crippen molar-refractivity contribution >= 4 is 11.9 Å². The highest BCUT2D eigenvalue weighted by atomic mass is 16.5. The lowest BCUT2D eigenvalue weighted by molar-refractivity contribution is 0.0695. The molecule has 0 bridgehead atoms. The van der Waals surface area contributed by atoms with Crippen molar-refractivity contribution in [3.05, 3.63) is 106 Å². The molecule has 0 atom stereocenters. The number of aromatic carboxylic acids is 2. The van der Waals surface area contributed by atoms with Crippen LogP contribution < -0.4 is 4.74 Å². The number of carbonyl (C=O) groups is 2. The molecule has 35 heavy (non-hydrogen) atoms. The minimum absolute atomic E-state index is 0.0168.